The first-order valence-corrected chi connectivity index (χ1v) is 6.63. The zero-order chi connectivity index (χ0) is 14.4. The summed E-state index contributed by atoms with van der Waals surface area (Å²) in [6.07, 6.45) is 6.74. The van der Waals surface area contributed by atoms with E-state index in [1.165, 1.54) is 0 Å². The lowest BCUT2D eigenvalue weighted by molar-refractivity contribution is 0.0999. The summed E-state index contributed by atoms with van der Waals surface area (Å²) in [6.45, 7) is 0.667. The second-order valence-electron chi connectivity index (χ2n) is 4.53. The zero-order valence-electron chi connectivity index (χ0n) is 11.2. The van der Waals surface area contributed by atoms with E-state index in [9.17, 15) is 4.79 Å². The Hall–Kier alpha value is -2.21. The van der Waals surface area contributed by atoms with E-state index in [-0.39, 0.29) is 0 Å². The molecular formula is C14H18N4O2. The summed E-state index contributed by atoms with van der Waals surface area (Å²) < 4.78 is 5.28. The van der Waals surface area contributed by atoms with Crippen molar-refractivity contribution in [3.05, 3.63) is 35.9 Å². The molecule has 0 aliphatic heterocycles. The maximum absolute atomic E-state index is 11.6. The molecule has 4 N–H and O–H groups in total. The van der Waals surface area contributed by atoms with E-state index < -0.39 is 5.91 Å². The SMILES string of the molecule is NCCCCCc1onc(-c2cccnc2)c1C(N)=O. The minimum Gasteiger partial charge on any atom is -0.365 e. The van der Waals surface area contributed by atoms with Crippen LogP contribution in [-0.4, -0.2) is 22.6 Å². The number of amides is 1. The van der Waals surface area contributed by atoms with Gasteiger partial charge in [0.15, 0.2) is 0 Å². The van der Waals surface area contributed by atoms with Crippen molar-refractivity contribution in [1.29, 1.82) is 0 Å². The van der Waals surface area contributed by atoms with Crippen molar-refractivity contribution in [3.63, 3.8) is 0 Å². The number of primary amides is 1. The summed E-state index contributed by atoms with van der Waals surface area (Å²) in [5.41, 5.74) is 12.4. The van der Waals surface area contributed by atoms with Crippen LogP contribution in [0.4, 0.5) is 0 Å². The van der Waals surface area contributed by atoms with Crippen LogP contribution >= 0.6 is 0 Å². The summed E-state index contributed by atoms with van der Waals surface area (Å²) in [7, 11) is 0. The van der Waals surface area contributed by atoms with Gasteiger partial charge in [-0.05, 0) is 31.5 Å². The van der Waals surface area contributed by atoms with Crippen molar-refractivity contribution in [1.82, 2.24) is 10.1 Å². The molecule has 0 fully saturated rings. The fourth-order valence-electron chi connectivity index (χ4n) is 2.06. The average Bonchev–Trinajstić information content (AvgIpc) is 2.88. The van der Waals surface area contributed by atoms with Crippen molar-refractivity contribution in [2.45, 2.75) is 25.7 Å². The summed E-state index contributed by atoms with van der Waals surface area (Å²) >= 11 is 0. The molecule has 0 atom stereocenters. The fraction of sp³-hybridized carbons (Fsp3) is 0.357. The van der Waals surface area contributed by atoms with Gasteiger partial charge in [-0.3, -0.25) is 9.78 Å². The number of pyridine rings is 1. The minimum atomic E-state index is -0.529. The molecule has 2 aromatic rings. The Balaban J connectivity index is 2.22. The molecule has 6 nitrogen and oxygen atoms in total. The van der Waals surface area contributed by atoms with E-state index >= 15 is 0 Å². The summed E-state index contributed by atoms with van der Waals surface area (Å²) in [4.78, 5) is 15.7. The van der Waals surface area contributed by atoms with Crippen LogP contribution < -0.4 is 11.5 Å². The molecule has 0 saturated heterocycles. The van der Waals surface area contributed by atoms with Gasteiger partial charge < -0.3 is 16.0 Å². The molecule has 0 aliphatic carbocycles. The first-order chi connectivity index (χ1) is 9.74. The number of nitrogens with zero attached hydrogens (tertiary/aromatic N) is 2. The van der Waals surface area contributed by atoms with Crippen LogP contribution in [-0.2, 0) is 6.42 Å². The van der Waals surface area contributed by atoms with Crippen LogP contribution in [0.2, 0.25) is 0 Å². The van der Waals surface area contributed by atoms with Crippen molar-refractivity contribution in [2.24, 2.45) is 11.5 Å². The fourth-order valence-corrected chi connectivity index (χ4v) is 2.06. The van der Waals surface area contributed by atoms with Crippen LogP contribution in [0.3, 0.4) is 0 Å². The number of unbranched alkanes of at least 4 members (excludes halogenated alkanes) is 2. The third kappa shape index (κ3) is 3.21. The van der Waals surface area contributed by atoms with Gasteiger partial charge in [-0.15, -0.1) is 0 Å². The topological polar surface area (TPSA) is 108 Å². The van der Waals surface area contributed by atoms with E-state index in [1.807, 2.05) is 6.07 Å². The second-order valence-corrected chi connectivity index (χ2v) is 4.53. The van der Waals surface area contributed by atoms with Crippen molar-refractivity contribution in [3.8, 4) is 11.3 Å². The third-order valence-electron chi connectivity index (χ3n) is 3.05. The Morgan fingerprint density at radius 1 is 1.30 bits per heavy atom. The highest BCUT2D eigenvalue weighted by Gasteiger charge is 2.21. The van der Waals surface area contributed by atoms with Gasteiger partial charge in [0.1, 0.15) is 17.0 Å². The lowest BCUT2D eigenvalue weighted by Crippen LogP contribution is -2.13. The number of nitrogens with two attached hydrogens (primary N) is 2. The number of aromatic nitrogens is 2. The third-order valence-corrected chi connectivity index (χ3v) is 3.05. The summed E-state index contributed by atoms with van der Waals surface area (Å²) in [5, 5.41) is 3.97. The lowest BCUT2D eigenvalue weighted by Gasteiger charge is -2.00. The average molecular weight is 274 g/mol. The number of carbonyl (C=O) groups is 1. The molecule has 0 radical (unpaired) electrons. The molecule has 2 heterocycles. The molecule has 6 heteroatoms. The van der Waals surface area contributed by atoms with Gasteiger partial charge >= 0.3 is 0 Å². The van der Waals surface area contributed by atoms with E-state index in [4.69, 9.17) is 16.0 Å². The monoisotopic (exact) mass is 274 g/mol. The minimum absolute atomic E-state index is 0.353. The first kappa shape index (κ1) is 14.2. The summed E-state index contributed by atoms with van der Waals surface area (Å²) in [5.74, 6) is 0.00676. The Bertz CT molecular complexity index is 566. The molecule has 0 aromatic carbocycles. The van der Waals surface area contributed by atoms with Crippen molar-refractivity contribution in [2.75, 3.05) is 6.54 Å². The Labute approximate surface area is 117 Å². The number of rotatable bonds is 7. The molecule has 0 spiro atoms. The lowest BCUT2D eigenvalue weighted by atomic mass is 10.0. The largest absolute Gasteiger partial charge is 0.365 e. The molecule has 0 saturated carbocycles. The Morgan fingerprint density at radius 2 is 2.15 bits per heavy atom. The van der Waals surface area contributed by atoms with Crippen LogP contribution in [0.25, 0.3) is 11.3 Å². The standard InChI is InChI=1S/C14H18N4O2/c15-7-3-1-2-6-11-12(14(16)19)13(18-20-11)10-5-4-8-17-9-10/h4-5,8-9H,1-3,6-7,15H2,(H2,16,19). The molecule has 106 valence electrons. The highest BCUT2D eigenvalue weighted by Crippen LogP contribution is 2.25. The molecule has 2 aromatic heterocycles. The van der Waals surface area contributed by atoms with Crippen molar-refractivity contribution < 1.29 is 9.32 Å². The van der Waals surface area contributed by atoms with Gasteiger partial charge in [0.25, 0.3) is 5.91 Å². The first-order valence-electron chi connectivity index (χ1n) is 6.63. The highest BCUT2D eigenvalue weighted by atomic mass is 16.5. The van der Waals surface area contributed by atoms with E-state index in [0.717, 1.165) is 24.8 Å². The van der Waals surface area contributed by atoms with E-state index in [2.05, 4.69) is 10.1 Å². The number of hydrogen-bond donors (Lipinski definition) is 2. The molecule has 0 unspecified atom stereocenters. The van der Waals surface area contributed by atoms with Gasteiger partial charge in [0.05, 0.1) is 0 Å². The van der Waals surface area contributed by atoms with Crippen molar-refractivity contribution >= 4 is 5.91 Å². The van der Waals surface area contributed by atoms with Gasteiger partial charge in [-0.1, -0.05) is 11.6 Å². The maximum atomic E-state index is 11.6. The molecule has 2 rings (SSSR count). The second kappa shape index (κ2) is 6.81. The van der Waals surface area contributed by atoms with Crippen LogP contribution in [0, 0.1) is 0 Å². The van der Waals surface area contributed by atoms with Gasteiger partial charge in [-0.2, -0.15) is 0 Å². The molecule has 0 bridgehead atoms. The van der Waals surface area contributed by atoms with E-state index in [1.54, 1.807) is 18.5 Å². The molecule has 20 heavy (non-hydrogen) atoms. The van der Waals surface area contributed by atoms with Gasteiger partial charge in [0, 0.05) is 24.4 Å². The number of carbonyl (C=O) groups excluding carboxylic acids is 1. The molecular weight excluding hydrogens is 256 g/mol. The Morgan fingerprint density at radius 3 is 2.80 bits per heavy atom. The van der Waals surface area contributed by atoms with E-state index in [0.29, 0.717) is 30.0 Å². The Kier molecular flexibility index (Phi) is 4.84. The van der Waals surface area contributed by atoms with Crippen LogP contribution in [0.5, 0.6) is 0 Å². The van der Waals surface area contributed by atoms with Gasteiger partial charge in [0.2, 0.25) is 0 Å². The predicted octanol–water partition coefficient (Wildman–Crippen LogP) is 1.51. The van der Waals surface area contributed by atoms with Crippen LogP contribution in [0.15, 0.2) is 29.0 Å². The molecule has 1 amide bonds. The van der Waals surface area contributed by atoms with Gasteiger partial charge in [-0.25, -0.2) is 0 Å². The quantitative estimate of drug-likeness (QED) is 0.744. The maximum Gasteiger partial charge on any atom is 0.254 e. The molecule has 0 aliphatic rings. The number of hydrogen-bond acceptors (Lipinski definition) is 5. The highest BCUT2D eigenvalue weighted by molar-refractivity contribution is 5.99. The zero-order valence-corrected chi connectivity index (χ0v) is 11.2. The normalized spacial score (nSPS) is 10.7. The smallest absolute Gasteiger partial charge is 0.254 e. The predicted molar refractivity (Wildman–Crippen MR) is 74.9 cm³/mol. The number of aryl methyl sites for hydroxylation is 1. The van der Waals surface area contributed by atoms with Crippen LogP contribution in [0.1, 0.15) is 35.4 Å². The summed E-state index contributed by atoms with van der Waals surface area (Å²) in [6, 6.07) is 3.59.